The van der Waals surface area contributed by atoms with Gasteiger partial charge in [0.1, 0.15) is 0 Å². The van der Waals surface area contributed by atoms with Gasteiger partial charge < -0.3 is 15.4 Å². The molecule has 4 heteroatoms. The molecule has 1 aliphatic carbocycles. The van der Waals surface area contributed by atoms with Crippen LogP contribution < -0.4 is 10.5 Å². The molecule has 0 heterocycles. The Kier molecular flexibility index (Phi) is 5.10. The molecule has 1 fully saturated rings. The number of rotatable bonds is 4. The normalized spacial score (nSPS) is 21.9. The van der Waals surface area contributed by atoms with Gasteiger partial charge in [-0.2, -0.15) is 0 Å². The van der Waals surface area contributed by atoms with Gasteiger partial charge in [-0.05, 0) is 37.8 Å². The molecule has 2 atom stereocenters. The summed E-state index contributed by atoms with van der Waals surface area (Å²) in [5.41, 5.74) is 7.04. The highest BCUT2D eigenvalue weighted by Gasteiger charge is 2.29. The van der Waals surface area contributed by atoms with E-state index < -0.39 is 0 Å². The Labute approximate surface area is 127 Å². The lowest BCUT2D eigenvalue weighted by Crippen LogP contribution is -2.42. The number of hydrogen-bond acceptors (Lipinski definition) is 3. The van der Waals surface area contributed by atoms with Crippen molar-refractivity contribution in [2.45, 2.75) is 45.6 Å². The number of nitrogens with zero attached hydrogens (tertiary/aromatic N) is 1. The molecule has 0 radical (unpaired) electrons. The summed E-state index contributed by atoms with van der Waals surface area (Å²) in [7, 11) is 1.90. The lowest BCUT2D eigenvalue weighted by Gasteiger charge is -2.36. The van der Waals surface area contributed by atoms with E-state index in [1.165, 1.54) is 19.3 Å². The van der Waals surface area contributed by atoms with E-state index in [2.05, 4.69) is 6.92 Å². The Hall–Kier alpha value is -1.71. The van der Waals surface area contributed by atoms with Gasteiger partial charge in [0.15, 0.2) is 5.75 Å². The number of nitrogens with two attached hydrogens (primary N) is 1. The number of hydrogen-bond donors (Lipinski definition) is 1. The van der Waals surface area contributed by atoms with Gasteiger partial charge in [0, 0.05) is 13.1 Å². The van der Waals surface area contributed by atoms with E-state index in [1.807, 2.05) is 24.9 Å². The van der Waals surface area contributed by atoms with Gasteiger partial charge in [-0.15, -0.1) is 0 Å². The SMILES string of the molecule is CCOc1c(N)cccc1C(=O)N(C)C1CCCCC1C. The van der Waals surface area contributed by atoms with Crippen molar-refractivity contribution in [2.24, 2.45) is 5.92 Å². The van der Waals surface area contributed by atoms with Crippen LogP contribution in [0.15, 0.2) is 18.2 Å². The predicted molar refractivity (Wildman–Crippen MR) is 85.5 cm³/mol. The molecule has 0 saturated heterocycles. The summed E-state index contributed by atoms with van der Waals surface area (Å²) < 4.78 is 5.58. The molecule has 0 bridgehead atoms. The molecular weight excluding hydrogens is 264 g/mol. The van der Waals surface area contributed by atoms with E-state index in [0.717, 1.165) is 6.42 Å². The first kappa shape index (κ1) is 15.7. The summed E-state index contributed by atoms with van der Waals surface area (Å²) in [4.78, 5) is 14.7. The Balaban J connectivity index is 2.24. The van der Waals surface area contributed by atoms with E-state index >= 15 is 0 Å². The third-order valence-electron chi connectivity index (χ3n) is 4.45. The molecule has 21 heavy (non-hydrogen) atoms. The predicted octanol–water partition coefficient (Wildman–Crippen LogP) is 3.32. The maximum absolute atomic E-state index is 12.8. The molecule has 2 unspecified atom stereocenters. The first-order chi connectivity index (χ1) is 10.1. The van der Waals surface area contributed by atoms with Crippen molar-refractivity contribution in [1.29, 1.82) is 0 Å². The molecule has 2 N–H and O–H groups in total. The lowest BCUT2D eigenvalue weighted by atomic mass is 9.85. The van der Waals surface area contributed by atoms with Crippen LogP contribution >= 0.6 is 0 Å². The van der Waals surface area contributed by atoms with E-state index in [4.69, 9.17) is 10.5 Å². The van der Waals surface area contributed by atoms with E-state index in [1.54, 1.807) is 12.1 Å². The van der Waals surface area contributed by atoms with E-state index in [-0.39, 0.29) is 5.91 Å². The Morgan fingerprint density at radius 3 is 2.76 bits per heavy atom. The number of amides is 1. The van der Waals surface area contributed by atoms with Crippen molar-refractivity contribution in [2.75, 3.05) is 19.4 Å². The number of benzene rings is 1. The molecule has 1 amide bonds. The van der Waals surface area contributed by atoms with Crippen LogP contribution in [0.2, 0.25) is 0 Å². The average molecular weight is 290 g/mol. The number of carbonyl (C=O) groups is 1. The fourth-order valence-electron chi connectivity index (χ4n) is 3.24. The molecule has 1 aliphatic rings. The van der Waals surface area contributed by atoms with E-state index in [0.29, 0.717) is 35.6 Å². The minimum Gasteiger partial charge on any atom is -0.491 e. The van der Waals surface area contributed by atoms with Gasteiger partial charge in [-0.25, -0.2) is 0 Å². The van der Waals surface area contributed by atoms with Crippen molar-refractivity contribution in [3.63, 3.8) is 0 Å². The van der Waals surface area contributed by atoms with Crippen molar-refractivity contribution in [3.05, 3.63) is 23.8 Å². The number of anilines is 1. The topological polar surface area (TPSA) is 55.6 Å². The Morgan fingerprint density at radius 1 is 1.38 bits per heavy atom. The fourth-order valence-corrected chi connectivity index (χ4v) is 3.24. The molecule has 4 nitrogen and oxygen atoms in total. The zero-order valence-corrected chi connectivity index (χ0v) is 13.3. The first-order valence-electron chi connectivity index (χ1n) is 7.84. The second-order valence-electron chi connectivity index (χ2n) is 5.90. The van der Waals surface area contributed by atoms with Crippen LogP contribution in [0.4, 0.5) is 5.69 Å². The van der Waals surface area contributed by atoms with Crippen molar-refractivity contribution in [1.82, 2.24) is 4.90 Å². The molecule has 116 valence electrons. The molecule has 1 aromatic carbocycles. The molecular formula is C17H26N2O2. The fraction of sp³-hybridized carbons (Fsp3) is 0.588. The third kappa shape index (κ3) is 3.31. The maximum Gasteiger partial charge on any atom is 0.257 e. The van der Waals surface area contributed by atoms with Crippen LogP contribution in [0.3, 0.4) is 0 Å². The van der Waals surface area contributed by atoms with Gasteiger partial charge in [0.2, 0.25) is 0 Å². The highest BCUT2D eigenvalue weighted by molar-refractivity contribution is 5.98. The van der Waals surface area contributed by atoms with Crippen LogP contribution in [0.25, 0.3) is 0 Å². The highest BCUT2D eigenvalue weighted by atomic mass is 16.5. The van der Waals surface area contributed by atoms with Crippen LogP contribution in [-0.2, 0) is 0 Å². The number of carbonyl (C=O) groups excluding carboxylic acids is 1. The highest BCUT2D eigenvalue weighted by Crippen LogP contribution is 2.31. The Morgan fingerprint density at radius 2 is 2.10 bits per heavy atom. The zero-order chi connectivity index (χ0) is 15.4. The van der Waals surface area contributed by atoms with Crippen molar-refractivity contribution in [3.8, 4) is 5.75 Å². The molecule has 2 rings (SSSR count). The zero-order valence-electron chi connectivity index (χ0n) is 13.3. The average Bonchev–Trinajstić information content (AvgIpc) is 2.48. The quantitative estimate of drug-likeness (QED) is 0.865. The van der Waals surface area contributed by atoms with E-state index in [9.17, 15) is 4.79 Å². The second kappa shape index (κ2) is 6.83. The number of para-hydroxylation sites is 1. The summed E-state index contributed by atoms with van der Waals surface area (Å²) in [5.74, 6) is 1.06. The largest absolute Gasteiger partial charge is 0.491 e. The summed E-state index contributed by atoms with van der Waals surface area (Å²) in [6.45, 7) is 4.63. The molecule has 0 aliphatic heterocycles. The van der Waals surface area contributed by atoms with Crippen molar-refractivity contribution < 1.29 is 9.53 Å². The van der Waals surface area contributed by atoms with Gasteiger partial charge in [-0.1, -0.05) is 25.8 Å². The summed E-state index contributed by atoms with van der Waals surface area (Å²) in [6.07, 6.45) is 4.73. The number of nitrogen functional groups attached to an aromatic ring is 1. The van der Waals surface area contributed by atoms with Gasteiger partial charge in [0.05, 0.1) is 17.9 Å². The third-order valence-corrected chi connectivity index (χ3v) is 4.45. The standard InChI is InChI=1S/C17H26N2O2/c1-4-21-16-13(9-7-10-14(16)18)17(20)19(3)15-11-6-5-8-12(15)2/h7,9-10,12,15H,4-6,8,11,18H2,1-3H3. The number of ether oxygens (including phenoxy) is 1. The lowest BCUT2D eigenvalue weighted by molar-refractivity contribution is 0.0625. The van der Waals surface area contributed by atoms with Crippen molar-refractivity contribution >= 4 is 11.6 Å². The van der Waals surface area contributed by atoms with Crippen LogP contribution in [0, 0.1) is 5.92 Å². The van der Waals surface area contributed by atoms with Gasteiger partial charge in [0.25, 0.3) is 5.91 Å². The summed E-state index contributed by atoms with van der Waals surface area (Å²) in [5, 5.41) is 0. The minimum absolute atomic E-state index is 0.00417. The smallest absolute Gasteiger partial charge is 0.257 e. The summed E-state index contributed by atoms with van der Waals surface area (Å²) in [6, 6.07) is 5.68. The van der Waals surface area contributed by atoms with Crippen LogP contribution in [-0.4, -0.2) is 30.5 Å². The monoisotopic (exact) mass is 290 g/mol. The van der Waals surface area contributed by atoms with Crippen LogP contribution in [0.5, 0.6) is 5.75 Å². The van der Waals surface area contributed by atoms with Gasteiger partial charge >= 0.3 is 0 Å². The molecule has 0 spiro atoms. The minimum atomic E-state index is 0.00417. The van der Waals surface area contributed by atoms with Gasteiger partial charge in [-0.3, -0.25) is 4.79 Å². The molecule has 1 aromatic rings. The molecule has 0 aromatic heterocycles. The summed E-state index contributed by atoms with van der Waals surface area (Å²) >= 11 is 0. The maximum atomic E-state index is 12.8. The molecule has 1 saturated carbocycles. The Bertz CT molecular complexity index is 502. The first-order valence-corrected chi connectivity index (χ1v) is 7.84. The van der Waals surface area contributed by atoms with Crippen LogP contribution in [0.1, 0.15) is 49.9 Å². The second-order valence-corrected chi connectivity index (χ2v) is 5.90.